The van der Waals surface area contributed by atoms with Crippen LogP contribution >= 0.6 is 0 Å². The minimum absolute atomic E-state index is 0.903. The van der Waals surface area contributed by atoms with Crippen LogP contribution in [0.1, 0.15) is 0 Å². The molecule has 2 aromatic heterocycles. The Hall–Kier alpha value is -9.44. The number of pyridine rings is 1. The Bertz CT molecular complexity index is 4610. The lowest BCUT2D eigenvalue weighted by Gasteiger charge is -2.18. The van der Waals surface area contributed by atoms with E-state index in [1.54, 1.807) is 0 Å². The van der Waals surface area contributed by atoms with Gasteiger partial charge in [0, 0.05) is 27.6 Å². The van der Waals surface area contributed by atoms with Crippen LogP contribution in [0.2, 0.25) is 0 Å². The van der Waals surface area contributed by atoms with Crippen molar-refractivity contribution in [1.29, 1.82) is 0 Å². The Morgan fingerprint density at radius 2 is 0.662 bits per heavy atom. The van der Waals surface area contributed by atoms with Gasteiger partial charge in [-0.1, -0.05) is 200 Å². The highest BCUT2D eigenvalue weighted by Gasteiger charge is 2.20. The molecule has 0 radical (unpaired) electrons. The number of hydrogen-bond donors (Lipinski definition) is 0. The van der Waals surface area contributed by atoms with E-state index in [0.29, 0.717) is 0 Å². The summed E-state index contributed by atoms with van der Waals surface area (Å²) in [7, 11) is 0. The molecule has 0 aliphatic carbocycles. The summed E-state index contributed by atoms with van der Waals surface area (Å²) in [5.41, 5.74) is 11.7. The molecule has 2 heterocycles. The average Bonchev–Trinajstić information content (AvgIpc) is 3.85. The predicted molar refractivity (Wildman–Crippen MR) is 301 cm³/mol. The average molecular weight is 900 g/mol. The van der Waals surface area contributed by atoms with Crippen molar-refractivity contribution >= 4 is 97.3 Å². The molecule has 0 unspecified atom stereocenters. The maximum absolute atomic E-state index is 5.65. The van der Waals surface area contributed by atoms with E-state index < -0.39 is 0 Å². The molecule has 328 valence electrons. The molecule has 0 aliphatic rings. The number of aromatic nitrogens is 3. The fraction of sp³-hybridized carbons (Fsp3) is 0. The van der Waals surface area contributed by atoms with Gasteiger partial charge >= 0.3 is 0 Å². The van der Waals surface area contributed by atoms with Gasteiger partial charge in [0.05, 0.1) is 22.2 Å². The number of rotatable bonds is 5. The highest BCUT2D eigenvalue weighted by molar-refractivity contribution is 6.28. The standard InChI is InChI=1S/C68H41N3/c1-2-16-46(17-3-1)71-66-29-15-14-28-64(66)70-68(71)43-32-30-42(31-33-43)65-41-60(45-35-37-57-52-23-7-5-19-48(52)50-21-9-11-25-54(50)62(57)39-45)63-40-59(55-26-12-13-27-58(55)67(63)69-65)44-34-36-56-51-22-6-4-18-47(51)49-20-8-10-24-53(49)61(56)38-44/h1-41H. The molecule has 13 aromatic carbocycles. The molecule has 3 nitrogen and oxygen atoms in total. The molecule has 0 N–H and O–H groups in total. The number of imidazole rings is 1. The Kier molecular flexibility index (Phi) is 8.66. The fourth-order valence-electron chi connectivity index (χ4n) is 11.7. The zero-order chi connectivity index (χ0) is 46.6. The SMILES string of the molecule is c1ccc(-n2c(-c3ccc(-c4cc(-c5ccc6c7ccccc7c7ccccc7c6c5)c5cc(-c6ccc7c8ccccc8c8ccccc8c7c6)c6ccccc6c5n4)cc3)nc3ccccc32)cc1. The monoisotopic (exact) mass is 899 g/mol. The van der Waals surface area contributed by atoms with Crippen LogP contribution < -0.4 is 0 Å². The van der Waals surface area contributed by atoms with E-state index >= 15 is 0 Å². The largest absolute Gasteiger partial charge is 0.292 e. The molecular weight excluding hydrogens is 859 g/mol. The maximum atomic E-state index is 5.65. The van der Waals surface area contributed by atoms with Gasteiger partial charge in [0.25, 0.3) is 0 Å². The number of para-hydroxylation sites is 3. The first-order chi connectivity index (χ1) is 35.2. The van der Waals surface area contributed by atoms with E-state index in [0.717, 1.165) is 66.8 Å². The molecule has 3 heteroatoms. The molecule has 15 aromatic rings. The normalized spacial score (nSPS) is 11.9. The third kappa shape index (κ3) is 6.10. The van der Waals surface area contributed by atoms with Crippen LogP contribution in [0.5, 0.6) is 0 Å². The van der Waals surface area contributed by atoms with Gasteiger partial charge in [-0.05, 0) is 141 Å². The van der Waals surface area contributed by atoms with Crippen molar-refractivity contribution in [3.63, 3.8) is 0 Å². The first-order valence-electron chi connectivity index (χ1n) is 24.4. The van der Waals surface area contributed by atoms with Crippen molar-refractivity contribution in [3.8, 4) is 50.6 Å². The van der Waals surface area contributed by atoms with Crippen molar-refractivity contribution in [2.24, 2.45) is 0 Å². The summed E-state index contributed by atoms with van der Waals surface area (Å²) in [6.07, 6.45) is 0. The van der Waals surface area contributed by atoms with Crippen LogP contribution in [0.15, 0.2) is 249 Å². The molecule has 71 heavy (non-hydrogen) atoms. The van der Waals surface area contributed by atoms with Gasteiger partial charge in [0.1, 0.15) is 5.82 Å². The Morgan fingerprint density at radius 3 is 1.21 bits per heavy atom. The number of benzene rings is 13. The Balaban J connectivity index is 0.979. The van der Waals surface area contributed by atoms with Gasteiger partial charge in [0.2, 0.25) is 0 Å². The van der Waals surface area contributed by atoms with Crippen LogP contribution in [-0.2, 0) is 0 Å². The van der Waals surface area contributed by atoms with E-state index in [1.165, 1.54) is 81.1 Å². The van der Waals surface area contributed by atoms with Gasteiger partial charge < -0.3 is 0 Å². The summed E-state index contributed by atoms with van der Waals surface area (Å²) < 4.78 is 2.26. The topological polar surface area (TPSA) is 30.7 Å². The summed E-state index contributed by atoms with van der Waals surface area (Å²) in [4.78, 5) is 10.8. The van der Waals surface area contributed by atoms with Gasteiger partial charge in [0.15, 0.2) is 0 Å². The van der Waals surface area contributed by atoms with E-state index in [1.807, 2.05) is 0 Å². The smallest absolute Gasteiger partial charge is 0.145 e. The molecule has 0 bridgehead atoms. The van der Waals surface area contributed by atoms with Gasteiger partial charge in [-0.15, -0.1) is 0 Å². The number of hydrogen-bond acceptors (Lipinski definition) is 2. The number of fused-ring (bicyclic) bond motifs is 16. The molecule has 0 saturated heterocycles. The molecule has 0 fully saturated rings. The van der Waals surface area contributed by atoms with Crippen LogP contribution in [-0.4, -0.2) is 14.5 Å². The van der Waals surface area contributed by atoms with Crippen LogP contribution in [0.25, 0.3) is 148 Å². The zero-order valence-corrected chi connectivity index (χ0v) is 38.5. The fourth-order valence-corrected chi connectivity index (χ4v) is 11.7. The van der Waals surface area contributed by atoms with Crippen molar-refractivity contribution in [2.75, 3.05) is 0 Å². The Labute approximate surface area is 409 Å². The lowest BCUT2D eigenvalue weighted by atomic mass is 9.88. The third-order valence-corrected chi connectivity index (χ3v) is 14.9. The van der Waals surface area contributed by atoms with Crippen LogP contribution in [0.4, 0.5) is 0 Å². The van der Waals surface area contributed by atoms with Crippen molar-refractivity contribution < 1.29 is 0 Å². The molecule has 0 atom stereocenters. The quantitative estimate of drug-likeness (QED) is 0.161. The molecular formula is C68H41N3. The van der Waals surface area contributed by atoms with Crippen molar-refractivity contribution in [1.82, 2.24) is 14.5 Å². The summed E-state index contributed by atoms with van der Waals surface area (Å²) in [5.74, 6) is 0.903. The van der Waals surface area contributed by atoms with E-state index in [2.05, 4.69) is 253 Å². The highest BCUT2D eigenvalue weighted by Crippen LogP contribution is 2.45. The summed E-state index contributed by atoms with van der Waals surface area (Å²) in [5, 5.41) is 18.6. The van der Waals surface area contributed by atoms with E-state index in [-0.39, 0.29) is 0 Å². The Morgan fingerprint density at radius 1 is 0.254 bits per heavy atom. The number of nitrogens with zero attached hydrogens (tertiary/aromatic N) is 3. The second-order valence-corrected chi connectivity index (χ2v) is 18.8. The van der Waals surface area contributed by atoms with Gasteiger partial charge in [-0.3, -0.25) is 4.57 Å². The van der Waals surface area contributed by atoms with E-state index in [9.17, 15) is 0 Å². The highest BCUT2D eigenvalue weighted by atomic mass is 15.1. The van der Waals surface area contributed by atoms with Crippen LogP contribution in [0, 0.1) is 0 Å². The van der Waals surface area contributed by atoms with Crippen molar-refractivity contribution in [3.05, 3.63) is 249 Å². The first-order valence-corrected chi connectivity index (χ1v) is 24.4. The maximum Gasteiger partial charge on any atom is 0.145 e. The summed E-state index contributed by atoms with van der Waals surface area (Å²) in [6, 6.07) is 90.7. The van der Waals surface area contributed by atoms with E-state index in [4.69, 9.17) is 9.97 Å². The molecule has 0 amide bonds. The summed E-state index contributed by atoms with van der Waals surface area (Å²) >= 11 is 0. The second kappa shape index (κ2) is 15.5. The summed E-state index contributed by atoms with van der Waals surface area (Å²) in [6.45, 7) is 0. The first kappa shape index (κ1) is 39.5. The zero-order valence-electron chi connectivity index (χ0n) is 38.5. The lowest BCUT2D eigenvalue weighted by Crippen LogP contribution is -1.97. The molecule has 0 aliphatic heterocycles. The second-order valence-electron chi connectivity index (χ2n) is 18.8. The van der Waals surface area contributed by atoms with Crippen molar-refractivity contribution in [2.45, 2.75) is 0 Å². The molecule has 15 rings (SSSR count). The lowest BCUT2D eigenvalue weighted by molar-refractivity contribution is 1.10. The van der Waals surface area contributed by atoms with Crippen LogP contribution in [0.3, 0.4) is 0 Å². The van der Waals surface area contributed by atoms with Gasteiger partial charge in [-0.25, -0.2) is 9.97 Å². The molecule has 0 spiro atoms. The minimum Gasteiger partial charge on any atom is -0.292 e. The minimum atomic E-state index is 0.903. The third-order valence-electron chi connectivity index (χ3n) is 14.9. The predicted octanol–water partition coefficient (Wildman–Crippen LogP) is 18.3. The van der Waals surface area contributed by atoms with Gasteiger partial charge in [-0.2, -0.15) is 0 Å². The molecule has 0 saturated carbocycles.